The summed E-state index contributed by atoms with van der Waals surface area (Å²) in [6.07, 6.45) is 9.09. The van der Waals surface area contributed by atoms with Crippen molar-refractivity contribution in [1.82, 2.24) is 10.2 Å². The van der Waals surface area contributed by atoms with Gasteiger partial charge in [0.05, 0.1) is 5.56 Å². The van der Waals surface area contributed by atoms with Crippen LogP contribution in [-0.2, 0) is 4.79 Å². The molecule has 2 amide bonds. The van der Waals surface area contributed by atoms with Crippen molar-refractivity contribution in [3.8, 4) is 0 Å². The van der Waals surface area contributed by atoms with Crippen molar-refractivity contribution < 1.29 is 18.4 Å². The fourth-order valence-electron chi connectivity index (χ4n) is 3.80. The molecule has 1 aliphatic carbocycles. The normalized spacial score (nSPS) is 18.1. The fourth-order valence-corrected chi connectivity index (χ4v) is 3.80. The number of rotatable bonds is 5. The highest BCUT2D eigenvalue weighted by molar-refractivity contribution is 5.94. The second kappa shape index (κ2) is 9.11. The van der Waals surface area contributed by atoms with Crippen LogP contribution in [0, 0.1) is 17.6 Å². The maximum atomic E-state index is 13.8. The summed E-state index contributed by atoms with van der Waals surface area (Å²) in [5.74, 6) is -2.09. The number of nitrogens with zero attached hydrogens (tertiary/aromatic N) is 1. The van der Waals surface area contributed by atoms with Gasteiger partial charge < -0.3 is 10.2 Å². The maximum absolute atomic E-state index is 13.8. The van der Waals surface area contributed by atoms with Gasteiger partial charge in [0.2, 0.25) is 5.91 Å². The second-order valence-electron chi connectivity index (χ2n) is 7.34. The molecule has 1 aromatic carbocycles. The lowest BCUT2D eigenvalue weighted by molar-refractivity contribution is -0.126. The predicted molar refractivity (Wildman–Crippen MR) is 99.2 cm³/mol. The summed E-state index contributed by atoms with van der Waals surface area (Å²) in [7, 11) is 0. The van der Waals surface area contributed by atoms with E-state index in [-0.39, 0.29) is 17.4 Å². The zero-order valence-electron chi connectivity index (χ0n) is 15.5. The number of likely N-dealkylation sites (tertiary alicyclic amines) is 1. The summed E-state index contributed by atoms with van der Waals surface area (Å²) < 4.78 is 26.8. The van der Waals surface area contributed by atoms with E-state index in [9.17, 15) is 18.4 Å². The molecule has 0 aromatic heterocycles. The minimum Gasteiger partial charge on any atom is -0.356 e. The molecule has 4 nitrogen and oxygen atoms in total. The highest BCUT2D eigenvalue weighted by atomic mass is 19.1. The summed E-state index contributed by atoms with van der Waals surface area (Å²) in [6, 6.07) is 2.97. The van der Waals surface area contributed by atoms with Gasteiger partial charge in [0.25, 0.3) is 5.91 Å². The molecule has 3 rings (SSSR count). The zero-order chi connectivity index (χ0) is 19.2. The van der Waals surface area contributed by atoms with Gasteiger partial charge in [-0.15, -0.1) is 0 Å². The van der Waals surface area contributed by atoms with Gasteiger partial charge in [0.15, 0.2) is 0 Å². The number of carbonyl (C=O) groups is 2. The van der Waals surface area contributed by atoms with Crippen LogP contribution in [0.1, 0.15) is 55.3 Å². The number of nitrogens with one attached hydrogen (secondary N) is 1. The first kappa shape index (κ1) is 19.5. The molecule has 0 saturated carbocycles. The Labute approximate surface area is 158 Å². The van der Waals surface area contributed by atoms with E-state index in [1.165, 1.54) is 29.4 Å². The van der Waals surface area contributed by atoms with Gasteiger partial charge in [-0.25, -0.2) is 8.78 Å². The Balaban J connectivity index is 1.44. The molecule has 0 bridgehead atoms. The third-order valence-electron chi connectivity index (χ3n) is 5.44. The average Bonchev–Trinajstić information content (AvgIpc) is 2.68. The lowest BCUT2D eigenvalue weighted by Crippen LogP contribution is -2.43. The summed E-state index contributed by atoms with van der Waals surface area (Å²) >= 11 is 0. The molecule has 1 fully saturated rings. The van der Waals surface area contributed by atoms with Crippen molar-refractivity contribution in [2.24, 2.45) is 5.92 Å². The SMILES string of the molecule is O=C(NCCC1=CCCCC1)C1CCN(C(=O)c2ccc(F)cc2F)CC1. The van der Waals surface area contributed by atoms with E-state index in [2.05, 4.69) is 11.4 Å². The number of amides is 2. The Hall–Kier alpha value is -2.24. The minimum atomic E-state index is -0.850. The van der Waals surface area contributed by atoms with Crippen LogP contribution in [0.3, 0.4) is 0 Å². The summed E-state index contributed by atoms with van der Waals surface area (Å²) in [6.45, 7) is 1.46. The molecule has 1 aromatic rings. The molecule has 1 aliphatic heterocycles. The predicted octanol–water partition coefficient (Wildman–Crippen LogP) is 3.82. The first-order chi connectivity index (χ1) is 13.0. The first-order valence-corrected chi connectivity index (χ1v) is 9.74. The molecule has 27 heavy (non-hydrogen) atoms. The number of carbonyl (C=O) groups excluding carboxylic acids is 2. The van der Waals surface area contributed by atoms with E-state index >= 15 is 0 Å². The van der Waals surface area contributed by atoms with Gasteiger partial charge in [-0.1, -0.05) is 11.6 Å². The largest absolute Gasteiger partial charge is 0.356 e. The first-order valence-electron chi connectivity index (χ1n) is 9.74. The number of hydrogen-bond donors (Lipinski definition) is 1. The van der Waals surface area contributed by atoms with Crippen molar-refractivity contribution in [1.29, 1.82) is 0 Å². The number of allylic oxidation sites excluding steroid dienone is 1. The van der Waals surface area contributed by atoms with Crippen LogP contribution in [-0.4, -0.2) is 36.3 Å². The molecule has 2 aliphatic rings. The molecule has 1 N–H and O–H groups in total. The Kier molecular flexibility index (Phi) is 6.58. The maximum Gasteiger partial charge on any atom is 0.256 e. The van der Waals surface area contributed by atoms with Crippen LogP contribution in [0.4, 0.5) is 8.78 Å². The van der Waals surface area contributed by atoms with E-state index in [0.29, 0.717) is 32.5 Å². The van der Waals surface area contributed by atoms with Gasteiger partial charge in [-0.3, -0.25) is 9.59 Å². The highest BCUT2D eigenvalue weighted by Crippen LogP contribution is 2.22. The van der Waals surface area contributed by atoms with Crippen LogP contribution in [0.15, 0.2) is 29.8 Å². The second-order valence-corrected chi connectivity index (χ2v) is 7.34. The smallest absolute Gasteiger partial charge is 0.256 e. The minimum absolute atomic E-state index is 0.0338. The lowest BCUT2D eigenvalue weighted by atomic mass is 9.94. The third-order valence-corrected chi connectivity index (χ3v) is 5.44. The quantitative estimate of drug-likeness (QED) is 0.794. The Morgan fingerprint density at radius 2 is 1.93 bits per heavy atom. The zero-order valence-corrected chi connectivity index (χ0v) is 15.5. The van der Waals surface area contributed by atoms with E-state index in [4.69, 9.17) is 0 Å². The number of piperidine rings is 1. The molecule has 6 heteroatoms. The topological polar surface area (TPSA) is 49.4 Å². The van der Waals surface area contributed by atoms with Crippen molar-refractivity contribution in [2.75, 3.05) is 19.6 Å². The Bertz CT molecular complexity index is 725. The summed E-state index contributed by atoms with van der Waals surface area (Å²) in [5.41, 5.74) is 1.31. The molecule has 146 valence electrons. The highest BCUT2D eigenvalue weighted by Gasteiger charge is 2.28. The summed E-state index contributed by atoms with van der Waals surface area (Å²) in [4.78, 5) is 26.3. The van der Waals surface area contributed by atoms with Crippen molar-refractivity contribution >= 4 is 11.8 Å². The summed E-state index contributed by atoms with van der Waals surface area (Å²) in [5, 5.41) is 3.01. The van der Waals surface area contributed by atoms with Crippen molar-refractivity contribution in [3.05, 3.63) is 47.0 Å². The molecule has 0 unspecified atom stereocenters. The van der Waals surface area contributed by atoms with E-state index in [1.807, 2.05) is 0 Å². The molecule has 1 heterocycles. The fraction of sp³-hybridized carbons (Fsp3) is 0.524. The van der Waals surface area contributed by atoms with E-state index < -0.39 is 17.5 Å². The average molecular weight is 376 g/mol. The van der Waals surface area contributed by atoms with Crippen LogP contribution < -0.4 is 5.32 Å². The van der Waals surface area contributed by atoms with Gasteiger partial charge in [0, 0.05) is 31.6 Å². The molecule has 0 atom stereocenters. The Morgan fingerprint density at radius 1 is 1.15 bits per heavy atom. The van der Waals surface area contributed by atoms with Gasteiger partial charge in [-0.2, -0.15) is 0 Å². The number of halogens is 2. The standard InChI is InChI=1S/C21H26F2N2O2/c22-17-6-7-18(19(23)14-17)21(27)25-12-9-16(10-13-25)20(26)24-11-8-15-4-2-1-3-5-15/h4,6-7,14,16H,1-3,5,8-13H2,(H,24,26). The van der Waals surface area contributed by atoms with Gasteiger partial charge in [-0.05, 0) is 57.1 Å². The molecule has 0 radical (unpaired) electrons. The van der Waals surface area contributed by atoms with Crippen LogP contribution in [0.5, 0.6) is 0 Å². The lowest BCUT2D eigenvalue weighted by Gasteiger charge is -2.31. The third kappa shape index (κ3) is 5.15. The van der Waals surface area contributed by atoms with E-state index in [0.717, 1.165) is 31.4 Å². The van der Waals surface area contributed by atoms with Gasteiger partial charge >= 0.3 is 0 Å². The Morgan fingerprint density at radius 3 is 2.59 bits per heavy atom. The van der Waals surface area contributed by atoms with Crippen LogP contribution in [0.25, 0.3) is 0 Å². The monoisotopic (exact) mass is 376 g/mol. The van der Waals surface area contributed by atoms with Crippen molar-refractivity contribution in [2.45, 2.75) is 44.9 Å². The number of benzene rings is 1. The van der Waals surface area contributed by atoms with Crippen LogP contribution in [0.2, 0.25) is 0 Å². The van der Waals surface area contributed by atoms with Gasteiger partial charge in [0.1, 0.15) is 11.6 Å². The molecular formula is C21H26F2N2O2. The molecule has 1 saturated heterocycles. The number of hydrogen-bond acceptors (Lipinski definition) is 2. The molecule has 0 spiro atoms. The van der Waals surface area contributed by atoms with Crippen molar-refractivity contribution in [3.63, 3.8) is 0 Å². The molecular weight excluding hydrogens is 350 g/mol. The van der Waals surface area contributed by atoms with E-state index in [1.54, 1.807) is 0 Å². The van der Waals surface area contributed by atoms with Crippen LogP contribution >= 0.6 is 0 Å².